The number of hydrogen-bond donors (Lipinski definition) is 2. The smallest absolute Gasteiger partial charge is 0.107 e. The van der Waals surface area contributed by atoms with Crippen LogP contribution in [0.5, 0.6) is 0 Å². The zero-order chi connectivity index (χ0) is 10.5. The summed E-state index contributed by atoms with van der Waals surface area (Å²) in [5.41, 5.74) is 0. The molecule has 84 valence electrons. The number of ether oxygens (including phenoxy) is 1. The molecule has 2 atom stereocenters. The third-order valence-electron chi connectivity index (χ3n) is 2.97. The molecule has 0 spiro atoms. The highest BCUT2D eigenvalue weighted by Crippen LogP contribution is 2.18. The van der Waals surface area contributed by atoms with Crippen molar-refractivity contribution in [2.75, 3.05) is 19.8 Å². The van der Waals surface area contributed by atoms with Crippen molar-refractivity contribution >= 4 is 0 Å². The van der Waals surface area contributed by atoms with Gasteiger partial charge in [-0.05, 0) is 13.0 Å². The maximum absolute atomic E-state index is 5.43. The SMILES string of the molecule is CCNC(Cc1ncc[nH]1)C1CCOC1. The molecule has 1 aliphatic heterocycles. The van der Waals surface area contributed by atoms with Crippen molar-refractivity contribution in [3.8, 4) is 0 Å². The van der Waals surface area contributed by atoms with E-state index < -0.39 is 0 Å². The average Bonchev–Trinajstić information content (AvgIpc) is 2.89. The zero-order valence-electron chi connectivity index (χ0n) is 9.20. The van der Waals surface area contributed by atoms with Gasteiger partial charge in [-0.25, -0.2) is 4.98 Å². The van der Waals surface area contributed by atoms with Gasteiger partial charge in [0.15, 0.2) is 0 Å². The van der Waals surface area contributed by atoms with E-state index in [1.54, 1.807) is 0 Å². The van der Waals surface area contributed by atoms with E-state index in [1.165, 1.54) is 6.42 Å². The molecule has 0 saturated carbocycles. The molecule has 0 bridgehead atoms. The number of hydrogen-bond acceptors (Lipinski definition) is 3. The second-order valence-corrected chi connectivity index (χ2v) is 4.03. The predicted molar refractivity (Wildman–Crippen MR) is 58.7 cm³/mol. The molecule has 2 rings (SSSR count). The van der Waals surface area contributed by atoms with E-state index in [0.29, 0.717) is 12.0 Å². The lowest BCUT2D eigenvalue weighted by atomic mass is 9.96. The number of H-pyrrole nitrogens is 1. The lowest BCUT2D eigenvalue weighted by Gasteiger charge is -2.22. The Kier molecular flexibility index (Phi) is 3.75. The molecule has 0 aliphatic carbocycles. The van der Waals surface area contributed by atoms with Gasteiger partial charge >= 0.3 is 0 Å². The summed E-state index contributed by atoms with van der Waals surface area (Å²) in [6.45, 7) is 4.94. The van der Waals surface area contributed by atoms with Crippen LogP contribution < -0.4 is 5.32 Å². The third-order valence-corrected chi connectivity index (χ3v) is 2.97. The fraction of sp³-hybridized carbons (Fsp3) is 0.727. The van der Waals surface area contributed by atoms with Crippen LogP contribution in [0, 0.1) is 5.92 Å². The second kappa shape index (κ2) is 5.28. The first-order valence-electron chi connectivity index (χ1n) is 5.69. The molecule has 4 nitrogen and oxygen atoms in total. The Balaban J connectivity index is 1.93. The lowest BCUT2D eigenvalue weighted by molar-refractivity contribution is 0.176. The molecule has 2 unspecified atom stereocenters. The number of likely N-dealkylation sites (N-methyl/N-ethyl adjacent to an activating group) is 1. The molecular formula is C11H19N3O. The minimum absolute atomic E-state index is 0.489. The van der Waals surface area contributed by atoms with Gasteiger partial charge in [0.05, 0.1) is 6.61 Å². The van der Waals surface area contributed by atoms with E-state index in [4.69, 9.17) is 4.74 Å². The van der Waals surface area contributed by atoms with E-state index in [1.807, 2.05) is 12.4 Å². The van der Waals surface area contributed by atoms with Crippen molar-refractivity contribution in [3.63, 3.8) is 0 Å². The van der Waals surface area contributed by atoms with Crippen molar-refractivity contribution in [2.24, 2.45) is 5.92 Å². The Morgan fingerprint density at radius 3 is 3.27 bits per heavy atom. The van der Waals surface area contributed by atoms with Gasteiger partial charge in [0, 0.05) is 37.4 Å². The lowest BCUT2D eigenvalue weighted by Crippen LogP contribution is -2.38. The maximum atomic E-state index is 5.43. The van der Waals surface area contributed by atoms with Gasteiger partial charge in [-0.1, -0.05) is 6.92 Å². The Labute approximate surface area is 90.4 Å². The predicted octanol–water partition coefficient (Wildman–Crippen LogP) is 0.967. The molecule has 0 aromatic carbocycles. The molecular weight excluding hydrogens is 190 g/mol. The van der Waals surface area contributed by atoms with E-state index in [0.717, 1.165) is 32.0 Å². The summed E-state index contributed by atoms with van der Waals surface area (Å²) in [7, 11) is 0. The molecule has 1 fully saturated rings. The Morgan fingerprint density at radius 1 is 1.73 bits per heavy atom. The van der Waals surface area contributed by atoms with E-state index in [9.17, 15) is 0 Å². The van der Waals surface area contributed by atoms with Gasteiger partial charge in [0.25, 0.3) is 0 Å². The molecule has 1 aromatic heterocycles. The van der Waals surface area contributed by atoms with Crippen LogP contribution in [0.1, 0.15) is 19.2 Å². The highest BCUT2D eigenvalue weighted by atomic mass is 16.5. The van der Waals surface area contributed by atoms with Crippen molar-refractivity contribution in [1.82, 2.24) is 15.3 Å². The van der Waals surface area contributed by atoms with Crippen LogP contribution in [0.4, 0.5) is 0 Å². The van der Waals surface area contributed by atoms with Crippen LogP contribution in [0.3, 0.4) is 0 Å². The minimum Gasteiger partial charge on any atom is -0.381 e. The van der Waals surface area contributed by atoms with Crippen LogP contribution in [0.2, 0.25) is 0 Å². The highest BCUT2D eigenvalue weighted by Gasteiger charge is 2.25. The highest BCUT2D eigenvalue weighted by molar-refractivity contribution is 4.93. The van der Waals surface area contributed by atoms with E-state index >= 15 is 0 Å². The van der Waals surface area contributed by atoms with Crippen molar-refractivity contribution < 1.29 is 4.74 Å². The summed E-state index contributed by atoms with van der Waals surface area (Å²) in [5.74, 6) is 1.70. The fourth-order valence-electron chi connectivity index (χ4n) is 2.16. The van der Waals surface area contributed by atoms with Gasteiger partial charge < -0.3 is 15.0 Å². The van der Waals surface area contributed by atoms with Gasteiger partial charge in [-0.2, -0.15) is 0 Å². The van der Waals surface area contributed by atoms with Crippen LogP contribution in [0.15, 0.2) is 12.4 Å². The quantitative estimate of drug-likeness (QED) is 0.759. The molecule has 1 aliphatic rings. The van der Waals surface area contributed by atoms with E-state index in [-0.39, 0.29) is 0 Å². The maximum Gasteiger partial charge on any atom is 0.107 e. The number of aromatic amines is 1. The van der Waals surface area contributed by atoms with Crippen molar-refractivity contribution in [1.29, 1.82) is 0 Å². The molecule has 0 amide bonds. The van der Waals surface area contributed by atoms with Gasteiger partial charge in [-0.15, -0.1) is 0 Å². The van der Waals surface area contributed by atoms with Crippen LogP contribution in [0.25, 0.3) is 0 Å². The molecule has 1 aromatic rings. The van der Waals surface area contributed by atoms with Crippen LogP contribution in [-0.4, -0.2) is 35.8 Å². The first-order chi connectivity index (χ1) is 7.40. The van der Waals surface area contributed by atoms with E-state index in [2.05, 4.69) is 22.2 Å². The number of imidazole rings is 1. The molecule has 15 heavy (non-hydrogen) atoms. The Hall–Kier alpha value is -0.870. The summed E-state index contributed by atoms with van der Waals surface area (Å²) in [4.78, 5) is 7.43. The van der Waals surface area contributed by atoms with Gasteiger partial charge in [-0.3, -0.25) is 0 Å². The van der Waals surface area contributed by atoms with Crippen LogP contribution in [-0.2, 0) is 11.2 Å². The second-order valence-electron chi connectivity index (χ2n) is 4.03. The average molecular weight is 209 g/mol. The largest absolute Gasteiger partial charge is 0.381 e. The number of rotatable bonds is 5. The fourth-order valence-corrected chi connectivity index (χ4v) is 2.16. The van der Waals surface area contributed by atoms with Crippen molar-refractivity contribution in [2.45, 2.75) is 25.8 Å². The Bertz CT molecular complexity index is 267. The topological polar surface area (TPSA) is 49.9 Å². The molecule has 0 radical (unpaired) electrons. The summed E-state index contributed by atoms with van der Waals surface area (Å²) < 4.78 is 5.43. The van der Waals surface area contributed by atoms with Gasteiger partial charge in [0.1, 0.15) is 5.82 Å². The normalized spacial score (nSPS) is 23.1. The summed E-state index contributed by atoms with van der Waals surface area (Å²) in [5, 5.41) is 3.52. The Morgan fingerprint density at radius 2 is 2.67 bits per heavy atom. The first-order valence-corrected chi connectivity index (χ1v) is 5.69. The molecule has 1 saturated heterocycles. The molecule has 2 heterocycles. The van der Waals surface area contributed by atoms with Gasteiger partial charge in [0.2, 0.25) is 0 Å². The van der Waals surface area contributed by atoms with Crippen molar-refractivity contribution in [3.05, 3.63) is 18.2 Å². The number of nitrogens with zero attached hydrogens (tertiary/aromatic N) is 1. The molecule has 2 N–H and O–H groups in total. The summed E-state index contributed by atoms with van der Waals surface area (Å²) in [6.07, 6.45) is 5.82. The summed E-state index contributed by atoms with van der Waals surface area (Å²) in [6, 6.07) is 0.489. The first kappa shape index (κ1) is 10.6. The minimum atomic E-state index is 0.489. The summed E-state index contributed by atoms with van der Waals surface area (Å²) >= 11 is 0. The third kappa shape index (κ3) is 2.79. The van der Waals surface area contributed by atoms with Crippen LogP contribution >= 0.6 is 0 Å². The standard InChI is InChI=1S/C11H19N3O/c1-2-12-10(9-3-6-15-8-9)7-11-13-4-5-14-11/h4-5,9-10,12H,2-3,6-8H2,1H3,(H,13,14). The molecule has 4 heteroatoms. The zero-order valence-corrected chi connectivity index (χ0v) is 9.20. The monoisotopic (exact) mass is 209 g/mol. The number of aromatic nitrogens is 2. The number of nitrogens with one attached hydrogen (secondary N) is 2.